The number of benzene rings is 3. The summed E-state index contributed by atoms with van der Waals surface area (Å²) in [7, 11) is 0. The molecule has 0 saturated heterocycles. The van der Waals surface area contributed by atoms with E-state index in [-0.39, 0.29) is 6.79 Å². The first-order chi connectivity index (χ1) is 12.9. The van der Waals surface area contributed by atoms with Crippen LogP contribution >= 0.6 is 11.3 Å². The van der Waals surface area contributed by atoms with Gasteiger partial charge in [0.25, 0.3) is 0 Å². The molecule has 126 valence electrons. The third-order valence-electron chi connectivity index (χ3n) is 4.54. The van der Waals surface area contributed by atoms with Crippen LogP contribution in [0.15, 0.2) is 84.9 Å². The van der Waals surface area contributed by atoms with Crippen LogP contribution in [-0.2, 0) is 0 Å². The summed E-state index contributed by atoms with van der Waals surface area (Å²) in [5.41, 5.74) is 5.85. The quantitative estimate of drug-likeness (QED) is 0.418. The average molecular weight is 356 g/mol. The highest BCUT2D eigenvalue weighted by atomic mass is 32.1. The van der Waals surface area contributed by atoms with Crippen LogP contribution < -0.4 is 9.47 Å². The molecule has 0 amide bonds. The van der Waals surface area contributed by atoms with E-state index >= 15 is 0 Å². The molecule has 0 bridgehead atoms. The predicted molar refractivity (Wildman–Crippen MR) is 107 cm³/mol. The molecule has 0 aliphatic carbocycles. The Labute approximate surface area is 156 Å². The van der Waals surface area contributed by atoms with Gasteiger partial charge in [0.15, 0.2) is 5.75 Å². The highest BCUT2D eigenvalue weighted by molar-refractivity contribution is 7.18. The first-order valence-electron chi connectivity index (χ1n) is 8.54. The number of fused-ring (bicyclic) bond motifs is 1. The Morgan fingerprint density at radius 3 is 1.96 bits per heavy atom. The zero-order chi connectivity index (χ0) is 17.3. The summed E-state index contributed by atoms with van der Waals surface area (Å²) in [5, 5.41) is 0.863. The highest BCUT2D eigenvalue weighted by Gasteiger charge is 2.28. The van der Waals surface area contributed by atoms with Gasteiger partial charge in [0, 0.05) is 10.4 Å². The molecule has 3 heteroatoms. The molecule has 0 atom stereocenters. The second kappa shape index (κ2) is 6.36. The SMILES string of the molecule is c1ccc(-c2ccccc2-c2c(-c3ccccc3)sc3c2OCO3)cc1. The summed E-state index contributed by atoms with van der Waals surface area (Å²) in [6.07, 6.45) is 0. The summed E-state index contributed by atoms with van der Waals surface area (Å²) in [5.74, 6) is 0.859. The van der Waals surface area contributed by atoms with Crippen molar-refractivity contribution < 1.29 is 9.47 Å². The molecule has 0 fully saturated rings. The Balaban J connectivity index is 1.78. The Bertz CT molecular complexity index is 1050. The van der Waals surface area contributed by atoms with Gasteiger partial charge < -0.3 is 9.47 Å². The lowest BCUT2D eigenvalue weighted by Gasteiger charge is -2.12. The fourth-order valence-electron chi connectivity index (χ4n) is 3.37. The smallest absolute Gasteiger partial charge is 0.232 e. The highest BCUT2D eigenvalue weighted by Crippen LogP contribution is 2.55. The maximum absolute atomic E-state index is 5.87. The molecular weight excluding hydrogens is 340 g/mol. The van der Waals surface area contributed by atoms with Crippen molar-refractivity contribution in [3.63, 3.8) is 0 Å². The third-order valence-corrected chi connectivity index (χ3v) is 5.68. The first-order valence-corrected chi connectivity index (χ1v) is 9.36. The maximum Gasteiger partial charge on any atom is 0.232 e. The second-order valence-corrected chi connectivity index (χ2v) is 7.09. The molecule has 2 nitrogen and oxygen atoms in total. The van der Waals surface area contributed by atoms with Crippen LogP contribution in [0.5, 0.6) is 10.8 Å². The van der Waals surface area contributed by atoms with Gasteiger partial charge in [-0.3, -0.25) is 0 Å². The average Bonchev–Trinajstić information content (AvgIpc) is 3.30. The molecule has 1 aromatic heterocycles. The summed E-state index contributed by atoms with van der Waals surface area (Å²) < 4.78 is 11.6. The van der Waals surface area contributed by atoms with E-state index in [0.717, 1.165) is 16.4 Å². The summed E-state index contributed by atoms with van der Waals surface area (Å²) in [6, 6.07) is 29.4. The van der Waals surface area contributed by atoms with Crippen LogP contribution in [0, 0.1) is 0 Å². The molecule has 0 saturated carbocycles. The molecular formula is C23H16O2S. The van der Waals surface area contributed by atoms with Crippen molar-refractivity contribution >= 4 is 11.3 Å². The maximum atomic E-state index is 5.87. The molecule has 0 radical (unpaired) electrons. The van der Waals surface area contributed by atoms with Crippen LogP contribution in [0.25, 0.3) is 32.7 Å². The fraction of sp³-hybridized carbons (Fsp3) is 0.0435. The van der Waals surface area contributed by atoms with Crippen molar-refractivity contribution in [3.8, 4) is 43.5 Å². The number of ether oxygens (including phenoxy) is 2. The van der Waals surface area contributed by atoms with E-state index in [1.807, 2.05) is 12.1 Å². The Hall–Kier alpha value is -3.04. The van der Waals surface area contributed by atoms with Crippen molar-refractivity contribution in [2.45, 2.75) is 0 Å². The van der Waals surface area contributed by atoms with E-state index in [4.69, 9.17) is 9.47 Å². The van der Waals surface area contributed by atoms with E-state index in [2.05, 4.69) is 72.8 Å². The van der Waals surface area contributed by atoms with Crippen molar-refractivity contribution in [1.29, 1.82) is 0 Å². The Morgan fingerprint density at radius 1 is 0.615 bits per heavy atom. The van der Waals surface area contributed by atoms with Crippen molar-refractivity contribution in [1.82, 2.24) is 0 Å². The van der Waals surface area contributed by atoms with E-state index in [1.165, 1.54) is 27.1 Å². The van der Waals surface area contributed by atoms with Crippen molar-refractivity contribution in [3.05, 3.63) is 84.9 Å². The summed E-state index contributed by atoms with van der Waals surface area (Å²) >= 11 is 1.65. The fourth-order valence-corrected chi connectivity index (χ4v) is 4.48. The van der Waals surface area contributed by atoms with Gasteiger partial charge in [-0.1, -0.05) is 96.3 Å². The van der Waals surface area contributed by atoms with Crippen LogP contribution in [-0.4, -0.2) is 6.79 Å². The zero-order valence-electron chi connectivity index (χ0n) is 14.0. The van der Waals surface area contributed by atoms with Gasteiger partial charge in [0.05, 0.1) is 0 Å². The topological polar surface area (TPSA) is 18.5 Å². The summed E-state index contributed by atoms with van der Waals surface area (Å²) in [4.78, 5) is 1.18. The Kier molecular flexibility index (Phi) is 3.72. The van der Waals surface area contributed by atoms with E-state index < -0.39 is 0 Å². The first kappa shape index (κ1) is 15.2. The van der Waals surface area contributed by atoms with E-state index in [1.54, 1.807) is 11.3 Å². The van der Waals surface area contributed by atoms with Crippen LogP contribution in [0.4, 0.5) is 0 Å². The lowest BCUT2D eigenvalue weighted by molar-refractivity contribution is 0.176. The zero-order valence-corrected chi connectivity index (χ0v) is 14.8. The summed E-state index contributed by atoms with van der Waals surface area (Å²) in [6.45, 7) is 0.288. The standard InChI is InChI=1S/C23H16O2S/c1-3-9-16(10-4-1)18-13-7-8-14-19(18)20-21-23(25-15-24-21)26-22(20)17-11-5-2-6-12-17/h1-14H,15H2. The van der Waals surface area contributed by atoms with Gasteiger partial charge in [-0.15, -0.1) is 0 Å². The normalized spacial score (nSPS) is 12.3. The number of rotatable bonds is 3. The molecule has 1 aliphatic rings. The van der Waals surface area contributed by atoms with Gasteiger partial charge in [-0.25, -0.2) is 0 Å². The number of thiophene rings is 1. The number of hydrogen-bond donors (Lipinski definition) is 0. The molecule has 4 aromatic rings. The van der Waals surface area contributed by atoms with Crippen LogP contribution in [0.1, 0.15) is 0 Å². The van der Waals surface area contributed by atoms with Gasteiger partial charge in [-0.2, -0.15) is 0 Å². The molecule has 1 aliphatic heterocycles. The van der Waals surface area contributed by atoms with Gasteiger partial charge in [-0.05, 0) is 22.3 Å². The molecule has 5 rings (SSSR count). The number of hydrogen-bond acceptors (Lipinski definition) is 3. The third kappa shape index (κ3) is 2.49. The predicted octanol–water partition coefficient (Wildman–Crippen LogP) is 6.48. The van der Waals surface area contributed by atoms with Gasteiger partial charge in [0.1, 0.15) is 0 Å². The largest absolute Gasteiger partial charge is 0.452 e. The van der Waals surface area contributed by atoms with Crippen molar-refractivity contribution in [2.75, 3.05) is 6.79 Å². The van der Waals surface area contributed by atoms with Gasteiger partial charge in [0.2, 0.25) is 11.9 Å². The molecule has 0 spiro atoms. The van der Waals surface area contributed by atoms with Gasteiger partial charge >= 0.3 is 0 Å². The second-order valence-electron chi connectivity index (χ2n) is 6.11. The lowest BCUT2D eigenvalue weighted by atomic mass is 9.93. The molecule has 2 heterocycles. The van der Waals surface area contributed by atoms with E-state index in [9.17, 15) is 0 Å². The Morgan fingerprint density at radius 2 is 1.23 bits per heavy atom. The van der Waals surface area contributed by atoms with Crippen LogP contribution in [0.2, 0.25) is 0 Å². The molecule has 3 aromatic carbocycles. The molecule has 0 N–H and O–H groups in total. The minimum Gasteiger partial charge on any atom is -0.452 e. The minimum absolute atomic E-state index is 0.288. The lowest BCUT2D eigenvalue weighted by Crippen LogP contribution is -1.95. The van der Waals surface area contributed by atoms with Crippen LogP contribution in [0.3, 0.4) is 0 Å². The molecule has 26 heavy (non-hydrogen) atoms. The minimum atomic E-state index is 0.288. The molecule has 0 unspecified atom stereocenters. The van der Waals surface area contributed by atoms with E-state index in [0.29, 0.717) is 0 Å². The monoisotopic (exact) mass is 356 g/mol. The van der Waals surface area contributed by atoms with Crippen molar-refractivity contribution in [2.24, 2.45) is 0 Å².